The third-order valence-corrected chi connectivity index (χ3v) is 17.0. The summed E-state index contributed by atoms with van der Waals surface area (Å²) < 4.78 is 23.4. The summed E-state index contributed by atoms with van der Waals surface area (Å²) in [5.74, 6) is -0.188. The Morgan fingerprint density at radius 1 is 0.447 bits per heavy atom. The van der Waals surface area contributed by atoms with Crippen molar-refractivity contribution in [3.8, 4) is 0 Å². The van der Waals surface area contributed by atoms with E-state index in [1.54, 1.807) is 6.08 Å². The van der Waals surface area contributed by atoms with Gasteiger partial charge in [0, 0.05) is 6.42 Å². The molecule has 0 saturated heterocycles. The number of aliphatic hydroxyl groups excluding tert-OH is 1. The van der Waals surface area contributed by atoms with Gasteiger partial charge in [0.1, 0.15) is 13.2 Å². The molecular formula is C67H135N2O6P. The van der Waals surface area contributed by atoms with Crippen LogP contribution in [0.5, 0.6) is 0 Å². The van der Waals surface area contributed by atoms with E-state index >= 15 is 0 Å². The quantitative estimate of drug-likeness (QED) is 0.0272. The molecule has 0 spiro atoms. The van der Waals surface area contributed by atoms with Gasteiger partial charge in [-0.3, -0.25) is 9.36 Å². The summed E-state index contributed by atoms with van der Waals surface area (Å²) in [5.41, 5.74) is 0. The summed E-state index contributed by atoms with van der Waals surface area (Å²) in [4.78, 5) is 25.6. The number of hydrogen-bond acceptors (Lipinski definition) is 6. The normalized spacial score (nSPS) is 13.7. The van der Waals surface area contributed by atoms with E-state index in [9.17, 15) is 19.4 Å². The Morgan fingerprint density at radius 2 is 0.711 bits per heavy atom. The van der Waals surface area contributed by atoms with Crippen LogP contribution < -0.4 is 10.2 Å². The predicted octanol–water partition coefficient (Wildman–Crippen LogP) is 20.7. The van der Waals surface area contributed by atoms with Crippen LogP contribution in [0.1, 0.15) is 361 Å². The highest BCUT2D eigenvalue weighted by atomic mass is 31.2. The molecule has 0 aromatic carbocycles. The average Bonchev–Trinajstić information content (AvgIpc) is 3.38. The second-order valence-electron chi connectivity index (χ2n) is 24.9. The van der Waals surface area contributed by atoms with E-state index in [0.717, 1.165) is 38.5 Å². The highest BCUT2D eigenvalue weighted by molar-refractivity contribution is 7.45. The van der Waals surface area contributed by atoms with Gasteiger partial charge < -0.3 is 28.8 Å². The first kappa shape index (κ1) is 75.2. The van der Waals surface area contributed by atoms with Crippen molar-refractivity contribution in [3.05, 3.63) is 12.2 Å². The molecular weight excluding hydrogens is 960 g/mol. The number of phosphoric ester groups is 1. The number of aliphatic hydroxyl groups is 1. The molecule has 8 nitrogen and oxygen atoms in total. The summed E-state index contributed by atoms with van der Waals surface area (Å²) >= 11 is 0. The first-order valence-electron chi connectivity index (χ1n) is 34.1. The largest absolute Gasteiger partial charge is 0.756 e. The van der Waals surface area contributed by atoms with Crippen molar-refractivity contribution in [2.45, 2.75) is 373 Å². The van der Waals surface area contributed by atoms with Crippen molar-refractivity contribution in [2.24, 2.45) is 0 Å². The lowest BCUT2D eigenvalue weighted by Gasteiger charge is -2.29. The van der Waals surface area contributed by atoms with Gasteiger partial charge in [-0.2, -0.15) is 0 Å². The fourth-order valence-corrected chi connectivity index (χ4v) is 11.4. The molecule has 0 aliphatic rings. The molecule has 454 valence electrons. The van der Waals surface area contributed by atoms with Gasteiger partial charge in [0.2, 0.25) is 5.91 Å². The van der Waals surface area contributed by atoms with Gasteiger partial charge in [-0.25, -0.2) is 0 Å². The van der Waals surface area contributed by atoms with E-state index in [4.69, 9.17) is 9.05 Å². The minimum absolute atomic E-state index is 0.00285. The third kappa shape index (κ3) is 60.9. The molecule has 0 aromatic rings. The number of rotatable bonds is 64. The number of carbonyl (C=O) groups is 1. The Kier molecular flexibility index (Phi) is 58.3. The van der Waals surface area contributed by atoms with Gasteiger partial charge in [0.25, 0.3) is 7.82 Å². The second kappa shape index (κ2) is 58.9. The Hall–Kier alpha value is -0.760. The maximum absolute atomic E-state index is 13.0. The summed E-state index contributed by atoms with van der Waals surface area (Å²) in [6.45, 7) is 4.71. The van der Waals surface area contributed by atoms with Gasteiger partial charge in [-0.1, -0.05) is 347 Å². The summed E-state index contributed by atoms with van der Waals surface area (Å²) in [5, 5.41) is 13.9. The lowest BCUT2D eigenvalue weighted by molar-refractivity contribution is -0.870. The minimum atomic E-state index is -4.60. The molecule has 2 N–H and O–H groups in total. The number of quaternary nitrogens is 1. The fourth-order valence-electron chi connectivity index (χ4n) is 10.7. The second-order valence-corrected chi connectivity index (χ2v) is 26.3. The molecule has 3 unspecified atom stereocenters. The number of likely N-dealkylation sites (N-methyl/N-ethyl adjacent to an activating group) is 1. The number of nitrogens with zero attached hydrogens (tertiary/aromatic N) is 1. The highest BCUT2D eigenvalue weighted by Gasteiger charge is 2.23. The van der Waals surface area contributed by atoms with E-state index in [2.05, 4.69) is 19.2 Å². The number of unbranched alkanes of at least 4 members (excludes halogenated alkanes) is 51. The molecule has 0 radical (unpaired) electrons. The monoisotopic (exact) mass is 1100 g/mol. The van der Waals surface area contributed by atoms with Crippen LogP contribution in [0.15, 0.2) is 12.2 Å². The highest BCUT2D eigenvalue weighted by Crippen LogP contribution is 2.38. The van der Waals surface area contributed by atoms with Gasteiger partial charge in [0.15, 0.2) is 0 Å². The first-order valence-corrected chi connectivity index (χ1v) is 35.5. The van der Waals surface area contributed by atoms with Crippen LogP contribution in [0.4, 0.5) is 0 Å². The molecule has 9 heteroatoms. The number of carbonyl (C=O) groups excluding carboxylic acids is 1. The lowest BCUT2D eigenvalue weighted by atomic mass is 10.0. The molecule has 1 amide bonds. The van der Waals surface area contributed by atoms with Crippen molar-refractivity contribution in [3.63, 3.8) is 0 Å². The average molecular weight is 1100 g/mol. The molecule has 0 heterocycles. The number of hydrogen-bond donors (Lipinski definition) is 2. The smallest absolute Gasteiger partial charge is 0.268 e. The van der Waals surface area contributed by atoms with Gasteiger partial charge in [-0.15, -0.1) is 0 Å². The molecule has 0 aliphatic carbocycles. The van der Waals surface area contributed by atoms with Crippen LogP contribution in [0, 0.1) is 0 Å². The van der Waals surface area contributed by atoms with Crippen LogP contribution in [0.3, 0.4) is 0 Å². The van der Waals surface area contributed by atoms with Gasteiger partial charge >= 0.3 is 0 Å². The van der Waals surface area contributed by atoms with Crippen LogP contribution >= 0.6 is 7.82 Å². The third-order valence-electron chi connectivity index (χ3n) is 16.0. The SMILES string of the molecule is CCCCCCCCCCCCCCCCCCC/C=C/C(O)C(COP(=O)([O-])OCC[N+](C)(C)C)NC(=O)CCCCCCCCCCCCCCCCCCCCCCCCCCCCCCCCCCCCC. The van der Waals surface area contributed by atoms with E-state index in [1.165, 1.54) is 302 Å². The molecule has 0 aliphatic heterocycles. The zero-order valence-electron chi connectivity index (χ0n) is 52.0. The number of nitrogens with one attached hydrogen (secondary N) is 1. The van der Waals surface area contributed by atoms with Gasteiger partial charge in [0.05, 0.1) is 39.9 Å². The Morgan fingerprint density at radius 3 is 0.987 bits per heavy atom. The summed E-state index contributed by atoms with van der Waals surface area (Å²) in [6, 6.07) is -0.883. The topological polar surface area (TPSA) is 108 Å². The Bertz CT molecular complexity index is 1240. The number of allylic oxidation sites excluding steroid dienone is 1. The zero-order chi connectivity index (χ0) is 55.6. The van der Waals surface area contributed by atoms with Crippen LogP contribution in [0.25, 0.3) is 0 Å². The standard InChI is InChI=1S/C67H135N2O6P/c1-6-8-10-12-14-16-18-20-22-24-26-27-28-29-30-31-32-33-34-35-36-37-38-39-40-41-43-45-47-49-51-53-55-57-59-61-67(71)68-65(64-75-76(72,73)74-63-62-69(3,4)5)66(70)60-58-56-54-52-50-48-46-44-42-25-23-21-19-17-15-13-11-9-7-2/h58,60,65-66,70H,6-57,59,61-64H2,1-5H3,(H-,68,71,72,73)/b60-58+. The molecule has 3 atom stereocenters. The molecule has 0 bridgehead atoms. The first-order chi connectivity index (χ1) is 37.0. The van der Waals surface area contributed by atoms with Crippen molar-refractivity contribution in [1.29, 1.82) is 0 Å². The van der Waals surface area contributed by atoms with E-state index in [1.807, 2.05) is 27.2 Å². The molecule has 0 saturated carbocycles. The van der Waals surface area contributed by atoms with Crippen molar-refractivity contribution in [1.82, 2.24) is 5.32 Å². The zero-order valence-corrected chi connectivity index (χ0v) is 52.9. The molecule has 76 heavy (non-hydrogen) atoms. The molecule has 0 aromatic heterocycles. The fraction of sp³-hybridized carbons (Fsp3) is 0.955. The van der Waals surface area contributed by atoms with Crippen molar-refractivity contribution >= 4 is 13.7 Å². The van der Waals surface area contributed by atoms with Crippen LogP contribution in [-0.4, -0.2) is 68.5 Å². The molecule has 0 rings (SSSR count). The Labute approximate surface area is 475 Å². The van der Waals surface area contributed by atoms with Crippen LogP contribution in [-0.2, 0) is 18.4 Å². The number of amides is 1. The maximum Gasteiger partial charge on any atom is 0.268 e. The molecule has 0 fully saturated rings. The van der Waals surface area contributed by atoms with E-state index < -0.39 is 20.0 Å². The van der Waals surface area contributed by atoms with E-state index in [-0.39, 0.29) is 19.1 Å². The maximum atomic E-state index is 13.0. The minimum Gasteiger partial charge on any atom is -0.756 e. The summed E-state index contributed by atoms with van der Waals surface area (Å²) in [7, 11) is 1.28. The summed E-state index contributed by atoms with van der Waals surface area (Å²) in [6.07, 6.45) is 74.8. The lowest BCUT2D eigenvalue weighted by Crippen LogP contribution is -2.45. The van der Waals surface area contributed by atoms with E-state index in [0.29, 0.717) is 17.4 Å². The predicted molar refractivity (Wildman–Crippen MR) is 330 cm³/mol. The number of phosphoric acid groups is 1. The van der Waals surface area contributed by atoms with Gasteiger partial charge in [-0.05, 0) is 19.3 Å². The van der Waals surface area contributed by atoms with Crippen LogP contribution in [0.2, 0.25) is 0 Å². The Balaban J connectivity index is 3.95. The van der Waals surface area contributed by atoms with Crippen molar-refractivity contribution in [2.75, 3.05) is 40.9 Å². The van der Waals surface area contributed by atoms with Crippen molar-refractivity contribution < 1.29 is 32.9 Å².